The molecule has 2 rings (SSSR count). The molecule has 1 saturated carbocycles. The van der Waals surface area contributed by atoms with Gasteiger partial charge in [-0.1, -0.05) is 25.0 Å². The Morgan fingerprint density at radius 1 is 1.26 bits per heavy atom. The Kier molecular flexibility index (Phi) is 5.05. The van der Waals surface area contributed by atoms with Crippen molar-refractivity contribution in [3.05, 3.63) is 23.8 Å². The second-order valence-corrected chi connectivity index (χ2v) is 5.01. The minimum atomic E-state index is -0.405. The lowest BCUT2D eigenvalue weighted by atomic mass is 10.1. The summed E-state index contributed by atoms with van der Waals surface area (Å²) in [5.74, 6) is 1.36. The molecule has 0 aliphatic heterocycles. The zero-order valence-electron chi connectivity index (χ0n) is 11.5. The SMILES string of the molecule is COc1cccc(CN)c1OC1CCCCCC1O. The molecule has 0 aromatic heterocycles. The Balaban J connectivity index is 2.20. The molecule has 1 aliphatic carbocycles. The third kappa shape index (κ3) is 3.39. The summed E-state index contributed by atoms with van der Waals surface area (Å²) in [5.41, 5.74) is 6.66. The maximum Gasteiger partial charge on any atom is 0.166 e. The highest BCUT2D eigenvalue weighted by atomic mass is 16.5. The highest BCUT2D eigenvalue weighted by Crippen LogP contribution is 2.34. The van der Waals surface area contributed by atoms with Gasteiger partial charge >= 0.3 is 0 Å². The molecule has 2 atom stereocenters. The van der Waals surface area contributed by atoms with Crippen LogP contribution in [-0.2, 0) is 6.54 Å². The van der Waals surface area contributed by atoms with Crippen LogP contribution in [0.5, 0.6) is 11.5 Å². The first kappa shape index (κ1) is 14.2. The molecule has 2 unspecified atom stereocenters. The average Bonchev–Trinajstić information content (AvgIpc) is 2.64. The van der Waals surface area contributed by atoms with E-state index in [1.54, 1.807) is 7.11 Å². The molecule has 4 heteroatoms. The summed E-state index contributed by atoms with van der Waals surface area (Å²) in [6.07, 6.45) is 4.43. The molecular weight excluding hydrogens is 242 g/mol. The van der Waals surface area contributed by atoms with E-state index in [0.717, 1.165) is 37.7 Å². The van der Waals surface area contributed by atoms with Gasteiger partial charge in [0.1, 0.15) is 6.10 Å². The lowest BCUT2D eigenvalue weighted by molar-refractivity contribution is 0.0299. The quantitative estimate of drug-likeness (QED) is 0.819. The van der Waals surface area contributed by atoms with Crippen molar-refractivity contribution < 1.29 is 14.6 Å². The van der Waals surface area contributed by atoms with Gasteiger partial charge in [-0.05, 0) is 25.3 Å². The van der Waals surface area contributed by atoms with Crippen LogP contribution in [0.3, 0.4) is 0 Å². The minimum Gasteiger partial charge on any atom is -0.493 e. The van der Waals surface area contributed by atoms with E-state index in [9.17, 15) is 5.11 Å². The zero-order chi connectivity index (χ0) is 13.7. The summed E-state index contributed by atoms with van der Waals surface area (Å²) in [7, 11) is 1.62. The normalized spacial score (nSPS) is 23.7. The van der Waals surface area contributed by atoms with Gasteiger partial charge in [0.15, 0.2) is 11.5 Å². The Morgan fingerprint density at radius 2 is 2.05 bits per heavy atom. The third-order valence-electron chi connectivity index (χ3n) is 3.69. The molecule has 0 saturated heterocycles. The number of rotatable bonds is 4. The van der Waals surface area contributed by atoms with Gasteiger partial charge in [0.2, 0.25) is 0 Å². The summed E-state index contributed by atoms with van der Waals surface area (Å²) in [5, 5.41) is 10.1. The van der Waals surface area contributed by atoms with Crippen LogP contribution in [0.1, 0.15) is 37.7 Å². The van der Waals surface area contributed by atoms with E-state index in [4.69, 9.17) is 15.2 Å². The van der Waals surface area contributed by atoms with E-state index < -0.39 is 6.10 Å². The second-order valence-electron chi connectivity index (χ2n) is 5.01. The first-order valence-electron chi connectivity index (χ1n) is 6.97. The van der Waals surface area contributed by atoms with Crippen LogP contribution in [0.4, 0.5) is 0 Å². The van der Waals surface area contributed by atoms with E-state index in [2.05, 4.69) is 0 Å². The molecule has 4 nitrogen and oxygen atoms in total. The van der Waals surface area contributed by atoms with Crippen LogP contribution < -0.4 is 15.2 Å². The number of benzene rings is 1. The van der Waals surface area contributed by atoms with E-state index in [1.807, 2.05) is 18.2 Å². The number of aliphatic hydroxyl groups excluding tert-OH is 1. The Hall–Kier alpha value is -1.26. The highest BCUT2D eigenvalue weighted by Gasteiger charge is 2.25. The first-order valence-corrected chi connectivity index (χ1v) is 6.97. The molecule has 0 radical (unpaired) electrons. The van der Waals surface area contributed by atoms with Crippen molar-refractivity contribution in [2.45, 2.75) is 50.9 Å². The topological polar surface area (TPSA) is 64.7 Å². The van der Waals surface area contributed by atoms with Crippen molar-refractivity contribution in [2.24, 2.45) is 5.73 Å². The number of ether oxygens (including phenoxy) is 2. The van der Waals surface area contributed by atoms with Crippen LogP contribution in [0.2, 0.25) is 0 Å². The van der Waals surface area contributed by atoms with Crippen molar-refractivity contribution >= 4 is 0 Å². The molecule has 0 bridgehead atoms. The predicted octanol–water partition coefficient (Wildman–Crippen LogP) is 2.23. The molecule has 106 valence electrons. The maximum absolute atomic E-state index is 10.1. The summed E-state index contributed by atoms with van der Waals surface area (Å²) >= 11 is 0. The Labute approximate surface area is 114 Å². The number of methoxy groups -OCH3 is 1. The van der Waals surface area contributed by atoms with E-state index >= 15 is 0 Å². The predicted molar refractivity (Wildman–Crippen MR) is 74.4 cm³/mol. The van der Waals surface area contributed by atoms with Crippen molar-refractivity contribution in [2.75, 3.05) is 7.11 Å². The fraction of sp³-hybridized carbons (Fsp3) is 0.600. The van der Waals surface area contributed by atoms with Crippen LogP contribution in [0.25, 0.3) is 0 Å². The number of para-hydroxylation sites is 1. The number of hydrogen-bond donors (Lipinski definition) is 2. The van der Waals surface area contributed by atoms with Crippen molar-refractivity contribution in [1.29, 1.82) is 0 Å². The summed E-state index contributed by atoms with van der Waals surface area (Å²) in [6, 6.07) is 5.69. The Morgan fingerprint density at radius 3 is 2.79 bits per heavy atom. The maximum atomic E-state index is 10.1. The molecular formula is C15H23NO3. The lowest BCUT2D eigenvalue weighted by Gasteiger charge is -2.24. The van der Waals surface area contributed by atoms with Gasteiger partial charge in [0, 0.05) is 12.1 Å². The molecule has 1 aliphatic rings. The molecule has 0 spiro atoms. The molecule has 0 heterocycles. The van der Waals surface area contributed by atoms with Crippen molar-refractivity contribution in [1.82, 2.24) is 0 Å². The summed E-state index contributed by atoms with van der Waals surface area (Å²) < 4.78 is 11.4. The van der Waals surface area contributed by atoms with Crippen LogP contribution >= 0.6 is 0 Å². The molecule has 1 aromatic rings. The Bertz CT molecular complexity index is 386. The van der Waals surface area contributed by atoms with Gasteiger partial charge in [0.25, 0.3) is 0 Å². The lowest BCUT2D eigenvalue weighted by Crippen LogP contribution is -2.31. The van der Waals surface area contributed by atoms with Crippen molar-refractivity contribution in [3.8, 4) is 11.5 Å². The summed E-state index contributed by atoms with van der Waals surface area (Å²) in [6.45, 7) is 0.398. The number of hydrogen-bond acceptors (Lipinski definition) is 4. The van der Waals surface area contributed by atoms with E-state index in [-0.39, 0.29) is 6.10 Å². The third-order valence-corrected chi connectivity index (χ3v) is 3.69. The monoisotopic (exact) mass is 265 g/mol. The fourth-order valence-corrected chi connectivity index (χ4v) is 2.56. The van der Waals surface area contributed by atoms with E-state index in [0.29, 0.717) is 18.0 Å². The molecule has 1 fully saturated rings. The van der Waals surface area contributed by atoms with Crippen LogP contribution in [0, 0.1) is 0 Å². The van der Waals surface area contributed by atoms with Crippen LogP contribution in [0.15, 0.2) is 18.2 Å². The van der Waals surface area contributed by atoms with Gasteiger partial charge in [-0.25, -0.2) is 0 Å². The molecule has 19 heavy (non-hydrogen) atoms. The van der Waals surface area contributed by atoms with Gasteiger partial charge in [-0.2, -0.15) is 0 Å². The molecule has 0 amide bonds. The largest absolute Gasteiger partial charge is 0.493 e. The standard InChI is InChI=1S/C15H23NO3/c1-18-14-9-5-6-11(10-16)15(14)19-13-8-4-2-3-7-12(13)17/h5-6,9,12-13,17H,2-4,7-8,10,16H2,1H3. The van der Waals surface area contributed by atoms with Crippen LogP contribution in [-0.4, -0.2) is 24.4 Å². The molecule has 1 aromatic carbocycles. The molecule has 3 N–H and O–H groups in total. The minimum absolute atomic E-state index is 0.163. The van der Waals surface area contributed by atoms with Gasteiger partial charge in [-0.3, -0.25) is 0 Å². The smallest absolute Gasteiger partial charge is 0.166 e. The summed E-state index contributed by atoms with van der Waals surface area (Å²) in [4.78, 5) is 0. The fourth-order valence-electron chi connectivity index (χ4n) is 2.56. The second kappa shape index (κ2) is 6.78. The van der Waals surface area contributed by atoms with Crippen molar-refractivity contribution in [3.63, 3.8) is 0 Å². The number of nitrogens with two attached hydrogens (primary N) is 1. The zero-order valence-corrected chi connectivity index (χ0v) is 11.5. The number of aliphatic hydroxyl groups is 1. The first-order chi connectivity index (χ1) is 9.26. The van der Waals surface area contributed by atoms with Gasteiger partial charge in [0.05, 0.1) is 13.2 Å². The van der Waals surface area contributed by atoms with E-state index in [1.165, 1.54) is 0 Å². The average molecular weight is 265 g/mol. The van der Waals surface area contributed by atoms with Gasteiger partial charge in [-0.15, -0.1) is 0 Å². The van der Waals surface area contributed by atoms with Gasteiger partial charge < -0.3 is 20.3 Å². The highest BCUT2D eigenvalue weighted by molar-refractivity contribution is 5.46.